The molecule has 0 radical (unpaired) electrons. The Morgan fingerprint density at radius 2 is 1.61 bits per heavy atom. The van der Waals surface area contributed by atoms with Crippen molar-refractivity contribution in [2.75, 3.05) is 14.2 Å². The van der Waals surface area contributed by atoms with Gasteiger partial charge in [-0.1, -0.05) is 43.5 Å². The quantitative estimate of drug-likeness (QED) is 0.444. The second kappa shape index (κ2) is 7.93. The molecular formula is C9H18Br2ClO5P. The van der Waals surface area contributed by atoms with Crippen LogP contribution in [0.2, 0.25) is 0 Å². The third-order valence-corrected chi connectivity index (χ3v) is 6.40. The Hall–Kier alpha value is 1.32. The molecule has 0 aliphatic carbocycles. The van der Waals surface area contributed by atoms with Crippen molar-refractivity contribution < 1.29 is 22.9 Å². The van der Waals surface area contributed by atoms with Crippen LogP contribution in [-0.4, -0.2) is 35.2 Å². The molecule has 18 heavy (non-hydrogen) atoms. The van der Waals surface area contributed by atoms with Crippen LogP contribution in [-0.2, 0) is 22.9 Å². The van der Waals surface area contributed by atoms with E-state index in [4.69, 9.17) is 20.9 Å². The Balaban J connectivity index is 4.51. The fraction of sp³-hybridized carbons (Fsp3) is 1.00. The maximum absolute atomic E-state index is 11.8. The molecule has 0 aromatic rings. The summed E-state index contributed by atoms with van der Waals surface area (Å²) in [5.41, 5.74) is -1.09. The van der Waals surface area contributed by atoms with Crippen molar-refractivity contribution in [1.82, 2.24) is 0 Å². The van der Waals surface area contributed by atoms with Gasteiger partial charge in [0.25, 0.3) is 0 Å². The zero-order valence-corrected chi connectivity index (χ0v) is 15.7. The minimum absolute atomic E-state index is 0.405. The molecule has 0 aliphatic rings. The van der Waals surface area contributed by atoms with E-state index in [1.165, 1.54) is 14.2 Å². The summed E-state index contributed by atoms with van der Waals surface area (Å²) in [5.74, 6) is 0. The van der Waals surface area contributed by atoms with Crippen LogP contribution < -0.4 is 0 Å². The summed E-state index contributed by atoms with van der Waals surface area (Å²) >= 11 is 12.6. The first-order valence-corrected chi connectivity index (χ1v) is 8.77. The minimum atomic E-state index is -3.57. The Morgan fingerprint density at radius 1 is 1.17 bits per heavy atom. The molecule has 0 spiro atoms. The average Bonchev–Trinajstić information content (AvgIpc) is 2.25. The summed E-state index contributed by atoms with van der Waals surface area (Å²) < 4.78 is 31.8. The first-order valence-electron chi connectivity index (χ1n) is 5.04. The molecule has 3 unspecified atom stereocenters. The molecule has 0 amide bonds. The van der Waals surface area contributed by atoms with E-state index in [1.807, 2.05) is 20.8 Å². The maximum atomic E-state index is 11.8. The van der Waals surface area contributed by atoms with Crippen molar-refractivity contribution in [3.8, 4) is 0 Å². The van der Waals surface area contributed by atoms with E-state index in [9.17, 15) is 4.57 Å². The van der Waals surface area contributed by atoms with Gasteiger partial charge in [0.05, 0.1) is 10.4 Å². The highest BCUT2D eigenvalue weighted by Crippen LogP contribution is 2.51. The largest absolute Gasteiger partial charge is 0.475 e. The zero-order valence-electron chi connectivity index (χ0n) is 10.9. The van der Waals surface area contributed by atoms with Crippen LogP contribution in [0.4, 0.5) is 0 Å². The van der Waals surface area contributed by atoms with Gasteiger partial charge in [-0.15, -0.1) is 0 Å². The van der Waals surface area contributed by atoms with Gasteiger partial charge in [0.2, 0.25) is 0 Å². The standard InChI is InChI=1S/C9H18Br2ClO5P/c1-9(2,3)16-8(12)6(10)7(11)17-18(13,14-4)15-5/h6-8H,1-5H3. The van der Waals surface area contributed by atoms with Crippen molar-refractivity contribution >= 4 is 51.3 Å². The van der Waals surface area contributed by atoms with Crippen LogP contribution in [0, 0.1) is 0 Å². The second-order valence-electron chi connectivity index (χ2n) is 4.29. The molecule has 0 bridgehead atoms. The number of ether oxygens (including phenoxy) is 1. The molecule has 5 nitrogen and oxygen atoms in total. The Kier molecular flexibility index (Phi) is 8.51. The van der Waals surface area contributed by atoms with Crippen LogP contribution in [0.25, 0.3) is 0 Å². The van der Waals surface area contributed by atoms with E-state index in [-0.39, 0.29) is 0 Å². The molecule has 0 aliphatic heterocycles. The lowest BCUT2D eigenvalue weighted by molar-refractivity contribution is -0.0284. The summed E-state index contributed by atoms with van der Waals surface area (Å²) in [4.78, 5) is -0.447. The van der Waals surface area contributed by atoms with Gasteiger partial charge in [0.1, 0.15) is 10.6 Å². The minimum Gasteiger partial charge on any atom is -0.356 e. The van der Waals surface area contributed by atoms with Crippen molar-refractivity contribution in [2.24, 2.45) is 0 Å². The Morgan fingerprint density at radius 3 is 1.94 bits per heavy atom. The van der Waals surface area contributed by atoms with Crippen molar-refractivity contribution in [2.45, 2.75) is 41.8 Å². The fourth-order valence-corrected chi connectivity index (χ4v) is 3.41. The van der Waals surface area contributed by atoms with Gasteiger partial charge in [0, 0.05) is 14.2 Å². The van der Waals surface area contributed by atoms with Gasteiger partial charge in [-0.05, 0) is 20.8 Å². The van der Waals surface area contributed by atoms with Crippen LogP contribution in [0.1, 0.15) is 20.8 Å². The van der Waals surface area contributed by atoms with Crippen molar-refractivity contribution in [3.05, 3.63) is 0 Å². The Labute approximate surface area is 130 Å². The normalized spacial score (nSPS) is 18.4. The number of hydrogen-bond acceptors (Lipinski definition) is 5. The summed E-state index contributed by atoms with van der Waals surface area (Å²) in [6, 6.07) is 0. The number of hydrogen-bond donors (Lipinski definition) is 0. The van der Waals surface area contributed by atoms with Gasteiger partial charge >= 0.3 is 7.82 Å². The predicted molar refractivity (Wildman–Crippen MR) is 78.6 cm³/mol. The van der Waals surface area contributed by atoms with E-state index in [0.29, 0.717) is 0 Å². The molecule has 0 saturated carbocycles. The SMILES string of the molecule is COP(=O)(OC)OC(Br)C(Br)C(Cl)OC(C)(C)C. The Bertz CT molecular complexity index is 291. The first kappa shape index (κ1) is 19.3. The molecule has 3 atom stereocenters. The number of phosphoric ester groups is 1. The van der Waals surface area contributed by atoms with Gasteiger partial charge < -0.3 is 4.74 Å². The maximum Gasteiger partial charge on any atom is 0.475 e. The monoisotopic (exact) mass is 430 g/mol. The molecule has 110 valence electrons. The average molecular weight is 432 g/mol. The topological polar surface area (TPSA) is 54.0 Å². The highest BCUT2D eigenvalue weighted by atomic mass is 79.9. The third kappa shape index (κ3) is 7.20. The number of rotatable bonds is 7. The smallest absolute Gasteiger partial charge is 0.356 e. The summed E-state index contributed by atoms with van der Waals surface area (Å²) in [6.45, 7) is 5.63. The van der Waals surface area contributed by atoms with Crippen LogP contribution >= 0.6 is 51.3 Å². The number of phosphoric acid groups is 1. The van der Waals surface area contributed by atoms with Gasteiger partial charge in [-0.3, -0.25) is 13.6 Å². The third-order valence-electron chi connectivity index (χ3n) is 1.64. The lowest BCUT2D eigenvalue weighted by Gasteiger charge is -2.29. The van der Waals surface area contributed by atoms with E-state index in [1.54, 1.807) is 0 Å². The molecule has 0 saturated heterocycles. The molecule has 0 fully saturated rings. The van der Waals surface area contributed by atoms with Crippen LogP contribution in [0.3, 0.4) is 0 Å². The fourth-order valence-electron chi connectivity index (χ4n) is 0.864. The number of alkyl halides is 3. The zero-order chi connectivity index (χ0) is 14.6. The van der Waals surface area contributed by atoms with Gasteiger partial charge in [-0.25, -0.2) is 4.57 Å². The van der Waals surface area contributed by atoms with Gasteiger partial charge in [-0.2, -0.15) is 0 Å². The summed E-state index contributed by atoms with van der Waals surface area (Å²) in [7, 11) is -1.11. The van der Waals surface area contributed by atoms with Crippen molar-refractivity contribution in [1.29, 1.82) is 0 Å². The highest BCUT2D eigenvalue weighted by Gasteiger charge is 2.35. The van der Waals surface area contributed by atoms with E-state index >= 15 is 0 Å². The van der Waals surface area contributed by atoms with E-state index in [0.717, 1.165) is 0 Å². The lowest BCUT2D eigenvalue weighted by atomic mass is 10.2. The molecule has 0 heterocycles. The molecule has 0 rings (SSSR count). The lowest BCUT2D eigenvalue weighted by Crippen LogP contribution is -2.34. The second-order valence-corrected chi connectivity index (χ2v) is 8.52. The summed E-state index contributed by atoms with van der Waals surface area (Å²) in [5, 5.41) is -0.701. The predicted octanol–water partition coefficient (Wildman–Crippen LogP) is 4.27. The molecule has 0 aromatic carbocycles. The van der Waals surface area contributed by atoms with E-state index < -0.39 is 28.8 Å². The van der Waals surface area contributed by atoms with E-state index in [2.05, 4.69) is 40.9 Å². The number of halogens is 3. The van der Waals surface area contributed by atoms with Crippen molar-refractivity contribution in [3.63, 3.8) is 0 Å². The molecular weight excluding hydrogens is 414 g/mol. The first-order chi connectivity index (χ1) is 8.04. The highest BCUT2D eigenvalue weighted by molar-refractivity contribution is 9.12. The molecule has 0 aromatic heterocycles. The summed E-state index contributed by atoms with van der Waals surface area (Å²) in [6.07, 6.45) is 0. The van der Waals surface area contributed by atoms with Crippen LogP contribution in [0.15, 0.2) is 0 Å². The van der Waals surface area contributed by atoms with Gasteiger partial charge in [0.15, 0.2) is 0 Å². The molecule has 9 heteroatoms. The molecule has 0 N–H and O–H groups in total. The van der Waals surface area contributed by atoms with Crippen LogP contribution in [0.5, 0.6) is 0 Å².